The van der Waals surface area contributed by atoms with Crippen LogP contribution in [0.3, 0.4) is 0 Å². The summed E-state index contributed by atoms with van der Waals surface area (Å²) in [4.78, 5) is 4.23. The highest BCUT2D eigenvalue weighted by Gasteiger charge is 2.26. The van der Waals surface area contributed by atoms with E-state index in [0.717, 1.165) is 16.9 Å². The Hall–Kier alpha value is -1.60. The molecule has 3 N–H and O–H groups in total. The zero-order valence-corrected chi connectivity index (χ0v) is 9.54. The fraction of sp³-hybridized carbons (Fsp3) is 0.364. The Labute approximate surface area is 102 Å². The van der Waals surface area contributed by atoms with Crippen LogP contribution in [-0.4, -0.2) is 22.1 Å². The monoisotopic (exact) mass is 258 g/mol. The molecule has 2 rings (SSSR count). The molecule has 7 heteroatoms. The zero-order chi connectivity index (χ0) is 13.2. The lowest BCUT2D eigenvalue weighted by Gasteiger charge is -2.08. The van der Waals surface area contributed by atoms with Gasteiger partial charge in [-0.25, -0.2) is 4.98 Å². The van der Waals surface area contributed by atoms with Crippen LogP contribution in [0.15, 0.2) is 24.5 Å². The Kier molecular flexibility index (Phi) is 3.53. The molecule has 0 fully saturated rings. The number of hydrogen-bond donors (Lipinski definition) is 2. The lowest BCUT2D eigenvalue weighted by atomic mass is 10.3. The van der Waals surface area contributed by atoms with Crippen molar-refractivity contribution in [3.63, 3.8) is 0 Å². The number of rotatable bonds is 4. The fourth-order valence-electron chi connectivity index (χ4n) is 1.64. The smallest absolute Gasteiger partial charge is 0.325 e. The molecule has 0 aliphatic heterocycles. The summed E-state index contributed by atoms with van der Waals surface area (Å²) in [6, 6.07) is 3.50. The number of imidazole rings is 1. The first-order valence-electron chi connectivity index (χ1n) is 5.42. The van der Waals surface area contributed by atoms with E-state index in [2.05, 4.69) is 10.3 Å². The lowest BCUT2D eigenvalue weighted by Crippen LogP contribution is -2.28. The van der Waals surface area contributed by atoms with Crippen molar-refractivity contribution in [1.29, 1.82) is 0 Å². The molecule has 0 spiro atoms. The van der Waals surface area contributed by atoms with E-state index in [1.807, 2.05) is 0 Å². The maximum Gasteiger partial charge on any atom is 0.401 e. The molecule has 2 aromatic rings. The van der Waals surface area contributed by atoms with Gasteiger partial charge in [0.2, 0.25) is 0 Å². The Morgan fingerprint density at radius 2 is 2.06 bits per heavy atom. The number of halogens is 3. The largest absolute Gasteiger partial charge is 0.401 e. The van der Waals surface area contributed by atoms with Crippen LogP contribution in [0.25, 0.3) is 5.65 Å². The molecule has 0 bridgehead atoms. The van der Waals surface area contributed by atoms with Gasteiger partial charge in [0.15, 0.2) is 0 Å². The molecule has 2 heterocycles. The molecule has 0 saturated heterocycles. The fourth-order valence-corrected chi connectivity index (χ4v) is 1.64. The van der Waals surface area contributed by atoms with Crippen molar-refractivity contribution in [3.8, 4) is 0 Å². The topological polar surface area (TPSA) is 55.4 Å². The van der Waals surface area contributed by atoms with Crippen molar-refractivity contribution >= 4 is 5.65 Å². The quantitative estimate of drug-likeness (QED) is 0.872. The van der Waals surface area contributed by atoms with Gasteiger partial charge in [-0.1, -0.05) is 6.07 Å². The second-order valence-corrected chi connectivity index (χ2v) is 3.96. The van der Waals surface area contributed by atoms with Crippen molar-refractivity contribution in [2.75, 3.05) is 6.54 Å². The molecular weight excluding hydrogens is 245 g/mol. The predicted octanol–water partition coefficient (Wildman–Crippen LogP) is 1.44. The number of nitrogens with two attached hydrogens (primary N) is 1. The maximum absolute atomic E-state index is 12.0. The van der Waals surface area contributed by atoms with E-state index in [1.54, 1.807) is 28.9 Å². The Bertz CT molecular complexity index is 533. The average Bonchev–Trinajstić information content (AvgIpc) is 2.69. The van der Waals surface area contributed by atoms with Gasteiger partial charge in [-0.15, -0.1) is 0 Å². The molecule has 98 valence electrons. The summed E-state index contributed by atoms with van der Waals surface area (Å²) in [5.74, 6) is 0. The zero-order valence-electron chi connectivity index (χ0n) is 9.54. The van der Waals surface area contributed by atoms with E-state index in [9.17, 15) is 13.2 Å². The summed E-state index contributed by atoms with van der Waals surface area (Å²) >= 11 is 0. The highest BCUT2D eigenvalue weighted by Crippen LogP contribution is 2.13. The van der Waals surface area contributed by atoms with E-state index in [0.29, 0.717) is 6.54 Å². The number of aromatic nitrogens is 2. The number of nitrogens with zero attached hydrogens (tertiary/aromatic N) is 2. The molecule has 4 nitrogen and oxygen atoms in total. The molecule has 2 aromatic heterocycles. The van der Waals surface area contributed by atoms with Crippen LogP contribution in [0.2, 0.25) is 0 Å². The van der Waals surface area contributed by atoms with Gasteiger partial charge >= 0.3 is 6.18 Å². The van der Waals surface area contributed by atoms with Gasteiger partial charge in [-0.2, -0.15) is 13.2 Å². The number of hydrogen-bond acceptors (Lipinski definition) is 3. The van der Waals surface area contributed by atoms with Crippen molar-refractivity contribution in [3.05, 3.63) is 35.8 Å². The van der Waals surface area contributed by atoms with Crippen LogP contribution in [0, 0.1) is 0 Å². The number of nitrogens with one attached hydrogen (secondary N) is 1. The first-order chi connectivity index (χ1) is 8.48. The van der Waals surface area contributed by atoms with Gasteiger partial charge < -0.3 is 15.5 Å². The van der Waals surface area contributed by atoms with Gasteiger partial charge in [-0.05, 0) is 11.6 Å². The van der Waals surface area contributed by atoms with Crippen molar-refractivity contribution in [1.82, 2.24) is 14.7 Å². The highest BCUT2D eigenvalue weighted by molar-refractivity contribution is 5.41. The molecule has 18 heavy (non-hydrogen) atoms. The van der Waals surface area contributed by atoms with E-state index in [-0.39, 0.29) is 6.54 Å². The van der Waals surface area contributed by atoms with Crippen LogP contribution in [0.5, 0.6) is 0 Å². The summed E-state index contributed by atoms with van der Waals surface area (Å²) in [6.45, 7) is -0.502. The van der Waals surface area contributed by atoms with Crippen LogP contribution in [0.1, 0.15) is 11.3 Å². The minimum Gasteiger partial charge on any atom is -0.325 e. The highest BCUT2D eigenvalue weighted by atomic mass is 19.4. The minimum absolute atomic E-state index is 0.158. The molecule has 0 aliphatic carbocycles. The Morgan fingerprint density at radius 1 is 1.28 bits per heavy atom. The summed E-state index contributed by atoms with van der Waals surface area (Å²) in [5, 5.41) is 2.34. The van der Waals surface area contributed by atoms with Crippen LogP contribution < -0.4 is 11.1 Å². The number of fused-ring (bicyclic) bond motifs is 1. The van der Waals surface area contributed by atoms with Crippen molar-refractivity contribution < 1.29 is 13.2 Å². The van der Waals surface area contributed by atoms with Crippen LogP contribution in [-0.2, 0) is 13.1 Å². The van der Waals surface area contributed by atoms with Crippen molar-refractivity contribution in [2.24, 2.45) is 5.73 Å². The maximum atomic E-state index is 12.0. The third-order valence-corrected chi connectivity index (χ3v) is 2.43. The first-order valence-corrected chi connectivity index (χ1v) is 5.42. The molecular formula is C11H13F3N4. The molecule has 0 amide bonds. The van der Waals surface area contributed by atoms with Gasteiger partial charge in [0.1, 0.15) is 5.65 Å². The first kappa shape index (κ1) is 12.8. The van der Waals surface area contributed by atoms with E-state index in [4.69, 9.17) is 5.73 Å². The van der Waals surface area contributed by atoms with Gasteiger partial charge in [-0.3, -0.25) is 0 Å². The number of pyridine rings is 1. The Balaban J connectivity index is 2.05. The van der Waals surface area contributed by atoms with Gasteiger partial charge in [0, 0.05) is 25.5 Å². The molecule has 0 saturated carbocycles. The molecule has 0 radical (unpaired) electrons. The SMILES string of the molecule is NCc1cn2cc(CNCC(F)(F)F)ccc2n1. The summed E-state index contributed by atoms with van der Waals surface area (Å²) in [6.07, 6.45) is -0.681. The third kappa shape index (κ3) is 3.21. The second-order valence-electron chi connectivity index (χ2n) is 3.96. The second kappa shape index (κ2) is 4.95. The van der Waals surface area contributed by atoms with Crippen molar-refractivity contribution in [2.45, 2.75) is 19.3 Å². The summed E-state index contributed by atoms with van der Waals surface area (Å²) in [7, 11) is 0. The summed E-state index contributed by atoms with van der Waals surface area (Å²) < 4.78 is 37.7. The lowest BCUT2D eigenvalue weighted by molar-refractivity contribution is -0.125. The molecule has 0 atom stereocenters. The normalized spacial score (nSPS) is 12.2. The third-order valence-electron chi connectivity index (χ3n) is 2.43. The minimum atomic E-state index is -4.19. The molecule has 0 aromatic carbocycles. The molecule has 0 unspecified atom stereocenters. The Morgan fingerprint density at radius 3 is 2.72 bits per heavy atom. The molecule has 0 aliphatic rings. The van der Waals surface area contributed by atoms with Crippen LogP contribution in [0.4, 0.5) is 13.2 Å². The average molecular weight is 258 g/mol. The summed E-state index contributed by atoms with van der Waals surface area (Å²) in [5.41, 5.74) is 7.70. The standard InChI is InChI=1S/C11H13F3N4/c12-11(13,14)7-16-4-8-1-2-10-17-9(3-15)6-18(10)5-8/h1-2,5-6,16H,3-4,7,15H2. The van der Waals surface area contributed by atoms with E-state index in [1.165, 1.54) is 0 Å². The van der Waals surface area contributed by atoms with Crippen LogP contribution >= 0.6 is 0 Å². The van der Waals surface area contributed by atoms with Gasteiger partial charge in [0.25, 0.3) is 0 Å². The predicted molar refractivity (Wildman–Crippen MR) is 60.8 cm³/mol. The van der Waals surface area contributed by atoms with E-state index < -0.39 is 12.7 Å². The number of alkyl halides is 3. The van der Waals surface area contributed by atoms with Gasteiger partial charge in [0.05, 0.1) is 12.2 Å². The van der Waals surface area contributed by atoms with E-state index >= 15 is 0 Å².